The minimum atomic E-state index is 0.679. The van der Waals surface area contributed by atoms with Crippen LogP contribution >= 0.6 is 0 Å². The fraction of sp³-hybridized carbons (Fsp3) is 0.263. The summed E-state index contributed by atoms with van der Waals surface area (Å²) in [6.07, 6.45) is 4.76. The van der Waals surface area contributed by atoms with Gasteiger partial charge >= 0.3 is 0 Å². The lowest BCUT2D eigenvalue weighted by atomic mass is 10.1. The van der Waals surface area contributed by atoms with Gasteiger partial charge in [-0.25, -0.2) is 9.98 Å². The number of fused-ring (bicyclic) bond motifs is 1. The van der Waals surface area contributed by atoms with Gasteiger partial charge in [0, 0.05) is 38.4 Å². The minimum absolute atomic E-state index is 0.679. The van der Waals surface area contributed by atoms with E-state index in [1.165, 1.54) is 16.5 Å². The summed E-state index contributed by atoms with van der Waals surface area (Å²) in [5.74, 6) is 0.900. The van der Waals surface area contributed by atoms with Crippen LogP contribution in [0.2, 0.25) is 0 Å². The number of guanidine groups is 1. The Morgan fingerprint density at radius 1 is 1.17 bits per heavy atom. The molecular weight excluding hydrogens is 298 g/mol. The number of H-pyrrole nitrogens is 1. The highest BCUT2D eigenvalue weighted by atomic mass is 15.3. The van der Waals surface area contributed by atoms with Crippen LogP contribution in [-0.4, -0.2) is 41.5 Å². The van der Waals surface area contributed by atoms with Crippen LogP contribution < -0.4 is 5.32 Å². The smallest absolute Gasteiger partial charge is 0.193 e. The number of hydrogen-bond acceptors (Lipinski definition) is 2. The molecule has 5 nitrogen and oxygen atoms in total. The van der Waals surface area contributed by atoms with Crippen LogP contribution in [0.4, 0.5) is 0 Å². The second kappa shape index (κ2) is 7.64. The Kier molecular flexibility index (Phi) is 5.11. The van der Waals surface area contributed by atoms with Crippen molar-refractivity contribution >= 4 is 17.0 Å². The zero-order valence-corrected chi connectivity index (χ0v) is 14.2. The van der Waals surface area contributed by atoms with Crippen molar-refractivity contribution in [3.63, 3.8) is 0 Å². The van der Waals surface area contributed by atoms with Gasteiger partial charge in [0.2, 0.25) is 0 Å². The van der Waals surface area contributed by atoms with E-state index in [0.29, 0.717) is 6.54 Å². The van der Waals surface area contributed by atoms with E-state index in [-0.39, 0.29) is 0 Å². The Hall–Kier alpha value is -2.82. The molecule has 0 bridgehead atoms. The molecule has 0 amide bonds. The molecule has 124 valence electrons. The van der Waals surface area contributed by atoms with E-state index in [9.17, 15) is 0 Å². The standard InChI is InChI=1S/C19H23N5/c1-24(2)19(23-13-15-7-4-3-5-8-15)21-12-10-16-14-22-18-17(16)9-6-11-20-18/h3-9,11,14H,10,12-13H2,1-2H3,(H,20,22)(H,21,23). The van der Waals surface area contributed by atoms with Gasteiger partial charge in [0.05, 0.1) is 6.54 Å². The van der Waals surface area contributed by atoms with Crippen molar-refractivity contribution in [1.82, 2.24) is 20.2 Å². The summed E-state index contributed by atoms with van der Waals surface area (Å²) in [5.41, 5.74) is 3.42. The van der Waals surface area contributed by atoms with Crippen molar-refractivity contribution in [3.05, 3.63) is 66.0 Å². The summed E-state index contributed by atoms with van der Waals surface area (Å²) in [7, 11) is 4.01. The van der Waals surface area contributed by atoms with Gasteiger partial charge in [-0.15, -0.1) is 0 Å². The Balaban J connectivity index is 1.60. The monoisotopic (exact) mass is 321 g/mol. The molecule has 0 radical (unpaired) electrons. The molecule has 2 aromatic heterocycles. The maximum atomic E-state index is 4.69. The number of pyridine rings is 1. The second-order valence-electron chi connectivity index (χ2n) is 5.91. The Bertz CT molecular complexity index is 805. The highest BCUT2D eigenvalue weighted by Crippen LogP contribution is 2.15. The quantitative estimate of drug-likeness (QED) is 0.561. The van der Waals surface area contributed by atoms with Crippen LogP contribution in [0.5, 0.6) is 0 Å². The summed E-state index contributed by atoms with van der Waals surface area (Å²) in [4.78, 5) is 14.2. The SMILES string of the molecule is CN(C)C(=NCc1ccccc1)NCCc1c[nH]c2ncccc12. The van der Waals surface area contributed by atoms with Crippen molar-refractivity contribution in [3.8, 4) is 0 Å². The van der Waals surface area contributed by atoms with E-state index in [1.54, 1.807) is 6.20 Å². The predicted molar refractivity (Wildman–Crippen MR) is 99.1 cm³/mol. The summed E-state index contributed by atoms with van der Waals surface area (Å²) >= 11 is 0. The van der Waals surface area contributed by atoms with Crippen LogP contribution in [-0.2, 0) is 13.0 Å². The molecule has 2 N–H and O–H groups in total. The third-order valence-electron chi connectivity index (χ3n) is 3.89. The molecular formula is C19H23N5. The average molecular weight is 321 g/mol. The van der Waals surface area contributed by atoms with Crippen molar-refractivity contribution in [2.75, 3.05) is 20.6 Å². The summed E-state index contributed by atoms with van der Waals surface area (Å²) in [6, 6.07) is 14.4. The maximum absolute atomic E-state index is 4.69. The molecule has 3 aromatic rings. The van der Waals surface area contributed by atoms with E-state index >= 15 is 0 Å². The van der Waals surface area contributed by atoms with Gasteiger partial charge in [-0.3, -0.25) is 0 Å². The lowest BCUT2D eigenvalue weighted by Crippen LogP contribution is -2.37. The van der Waals surface area contributed by atoms with Gasteiger partial charge in [-0.1, -0.05) is 30.3 Å². The Labute approximate surface area is 142 Å². The molecule has 5 heteroatoms. The van der Waals surface area contributed by atoms with Gasteiger partial charge in [0.15, 0.2) is 5.96 Å². The Morgan fingerprint density at radius 3 is 2.79 bits per heavy atom. The first kappa shape index (κ1) is 16.1. The summed E-state index contributed by atoms with van der Waals surface area (Å²) in [6.45, 7) is 1.51. The van der Waals surface area contributed by atoms with Crippen LogP contribution in [0.15, 0.2) is 59.9 Å². The largest absolute Gasteiger partial charge is 0.356 e. The molecule has 0 unspecified atom stereocenters. The van der Waals surface area contributed by atoms with Crippen molar-refractivity contribution in [2.24, 2.45) is 4.99 Å². The molecule has 1 aromatic carbocycles. The molecule has 3 rings (SSSR count). The predicted octanol–water partition coefficient (Wildman–Crippen LogP) is 2.81. The van der Waals surface area contributed by atoms with Crippen molar-refractivity contribution in [2.45, 2.75) is 13.0 Å². The molecule has 0 aliphatic rings. The number of nitrogens with one attached hydrogen (secondary N) is 2. The third kappa shape index (κ3) is 3.93. The molecule has 0 saturated heterocycles. The summed E-state index contributed by atoms with van der Waals surface area (Å²) < 4.78 is 0. The topological polar surface area (TPSA) is 56.3 Å². The van der Waals surface area contributed by atoms with Crippen molar-refractivity contribution in [1.29, 1.82) is 0 Å². The normalized spacial score (nSPS) is 11.7. The molecule has 0 fully saturated rings. The average Bonchev–Trinajstić information content (AvgIpc) is 3.02. The fourth-order valence-electron chi connectivity index (χ4n) is 2.63. The lowest BCUT2D eigenvalue weighted by molar-refractivity contribution is 0.579. The van der Waals surface area contributed by atoms with E-state index in [4.69, 9.17) is 0 Å². The van der Waals surface area contributed by atoms with Crippen LogP contribution in [0.25, 0.3) is 11.0 Å². The second-order valence-corrected chi connectivity index (χ2v) is 5.91. The number of hydrogen-bond donors (Lipinski definition) is 2. The molecule has 0 spiro atoms. The Morgan fingerprint density at radius 2 is 2.00 bits per heavy atom. The van der Waals surface area contributed by atoms with Gasteiger partial charge in [-0.05, 0) is 29.7 Å². The highest BCUT2D eigenvalue weighted by Gasteiger charge is 2.05. The number of aliphatic imine (C=N–C) groups is 1. The molecule has 24 heavy (non-hydrogen) atoms. The molecule has 0 atom stereocenters. The number of benzene rings is 1. The van der Waals surface area contributed by atoms with Gasteiger partial charge in [0.25, 0.3) is 0 Å². The van der Waals surface area contributed by atoms with E-state index < -0.39 is 0 Å². The van der Waals surface area contributed by atoms with Crippen LogP contribution in [0.1, 0.15) is 11.1 Å². The highest BCUT2D eigenvalue weighted by molar-refractivity contribution is 5.80. The van der Waals surface area contributed by atoms with Gasteiger partial charge in [0.1, 0.15) is 5.65 Å². The number of nitrogens with zero attached hydrogens (tertiary/aromatic N) is 3. The third-order valence-corrected chi connectivity index (χ3v) is 3.89. The van der Waals surface area contributed by atoms with E-state index in [2.05, 4.69) is 38.5 Å². The lowest BCUT2D eigenvalue weighted by Gasteiger charge is -2.17. The zero-order chi connectivity index (χ0) is 16.8. The zero-order valence-electron chi connectivity index (χ0n) is 14.2. The maximum Gasteiger partial charge on any atom is 0.193 e. The first-order chi connectivity index (χ1) is 11.7. The van der Waals surface area contributed by atoms with Crippen molar-refractivity contribution < 1.29 is 0 Å². The van der Waals surface area contributed by atoms with Crippen LogP contribution in [0, 0.1) is 0 Å². The number of aromatic nitrogens is 2. The molecule has 0 aliphatic carbocycles. The number of rotatable bonds is 5. The molecule has 0 saturated carbocycles. The van der Waals surface area contributed by atoms with E-state index in [1.807, 2.05) is 49.5 Å². The van der Waals surface area contributed by atoms with Gasteiger partial charge < -0.3 is 15.2 Å². The van der Waals surface area contributed by atoms with Crippen LogP contribution in [0.3, 0.4) is 0 Å². The minimum Gasteiger partial charge on any atom is -0.356 e. The summed E-state index contributed by atoms with van der Waals surface area (Å²) in [5, 5.41) is 4.62. The van der Waals surface area contributed by atoms with E-state index in [0.717, 1.165) is 24.6 Å². The first-order valence-electron chi connectivity index (χ1n) is 8.14. The molecule has 2 heterocycles. The first-order valence-corrected chi connectivity index (χ1v) is 8.14. The fourth-order valence-corrected chi connectivity index (χ4v) is 2.63. The number of aromatic amines is 1. The molecule has 0 aliphatic heterocycles. The van der Waals surface area contributed by atoms with Gasteiger partial charge in [-0.2, -0.15) is 0 Å².